The minimum absolute atomic E-state index is 0.196. The zero-order valence-electron chi connectivity index (χ0n) is 14.6. The number of amides is 2. The van der Waals surface area contributed by atoms with Crippen molar-refractivity contribution in [2.24, 2.45) is 0 Å². The third-order valence-electron chi connectivity index (χ3n) is 3.82. The summed E-state index contributed by atoms with van der Waals surface area (Å²) in [7, 11) is 1.49. The lowest BCUT2D eigenvalue weighted by Gasteiger charge is -2.17. The summed E-state index contributed by atoms with van der Waals surface area (Å²) in [6.45, 7) is 2.68. The van der Waals surface area contributed by atoms with Crippen LogP contribution in [-0.4, -0.2) is 25.5 Å². The van der Waals surface area contributed by atoms with Crippen molar-refractivity contribution in [3.8, 4) is 0 Å². The molecule has 1 atom stereocenters. The largest absolute Gasteiger partial charge is 0.367 e. The van der Waals surface area contributed by atoms with Gasteiger partial charge in [0.2, 0.25) is 0 Å². The highest BCUT2D eigenvalue weighted by Crippen LogP contribution is 2.21. The quantitative estimate of drug-likeness (QED) is 0.722. The summed E-state index contributed by atoms with van der Waals surface area (Å²) in [6.07, 6.45) is 1.18. The lowest BCUT2D eigenvalue weighted by molar-refractivity contribution is -0.126. The van der Waals surface area contributed by atoms with Crippen LogP contribution < -0.4 is 10.6 Å². The number of para-hydroxylation sites is 1. The summed E-state index contributed by atoms with van der Waals surface area (Å²) < 4.78 is 5.34. The zero-order chi connectivity index (χ0) is 18.1. The normalized spacial score (nSPS) is 11.6. The summed E-state index contributed by atoms with van der Waals surface area (Å²) in [6, 6.07) is 16.2. The van der Waals surface area contributed by atoms with E-state index < -0.39 is 6.10 Å². The van der Waals surface area contributed by atoms with Crippen molar-refractivity contribution in [3.05, 3.63) is 65.7 Å². The van der Waals surface area contributed by atoms with E-state index in [1.54, 1.807) is 24.3 Å². The van der Waals surface area contributed by atoms with Gasteiger partial charge in [0.1, 0.15) is 0 Å². The second kappa shape index (κ2) is 9.59. The van der Waals surface area contributed by atoms with Gasteiger partial charge in [0.05, 0.1) is 11.3 Å². The van der Waals surface area contributed by atoms with E-state index in [4.69, 9.17) is 4.74 Å². The Balaban J connectivity index is 2.14. The second-order valence-corrected chi connectivity index (χ2v) is 5.67. The van der Waals surface area contributed by atoms with E-state index >= 15 is 0 Å². The van der Waals surface area contributed by atoms with Crippen molar-refractivity contribution in [2.75, 3.05) is 19.0 Å². The number of anilines is 1. The summed E-state index contributed by atoms with van der Waals surface area (Å²) in [5, 5.41) is 5.67. The lowest BCUT2D eigenvalue weighted by Crippen LogP contribution is -2.27. The topological polar surface area (TPSA) is 67.4 Å². The molecule has 0 heterocycles. The van der Waals surface area contributed by atoms with Crippen LogP contribution in [0, 0.1) is 0 Å². The first-order chi connectivity index (χ1) is 12.2. The molecule has 1 unspecified atom stereocenters. The van der Waals surface area contributed by atoms with Crippen LogP contribution in [0.15, 0.2) is 54.6 Å². The van der Waals surface area contributed by atoms with E-state index in [-0.39, 0.29) is 11.8 Å². The summed E-state index contributed by atoms with van der Waals surface area (Å²) in [5.41, 5.74) is 1.67. The average molecular weight is 340 g/mol. The minimum Gasteiger partial charge on any atom is -0.367 e. The molecule has 0 fully saturated rings. The van der Waals surface area contributed by atoms with Gasteiger partial charge in [-0.3, -0.25) is 9.59 Å². The van der Waals surface area contributed by atoms with Crippen molar-refractivity contribution >= 4 is 17.5 Å². The number of ether oxygens (including phenoxy) is 1. The molecule has 132 valence electrons. The Hall–Kier alpha value is -2.66. The third kappa shape index (κ3) is 5.16. The Labute approximate surface area is 148 Å². The molecule has 0 radical (unpaired) electrons. The van der Waals surface area contributed by atoms with Crippen LogP contribution in [0.4, 0.5) is 5.69 Å². The molecule has 5 nitrogen and oxygen atoms in total. The zero-order valence-corrected chi connectivity index (χ0v) is 14.6. The van der Waals surface area contributed by atoms with Gasteiger partial charge < -0.3 is 15.4 Å². The van der Waals surface area contributed by atoms with Crippen molar-refractivity contribution in [2.45, 2.75) is 25.9 Å². The highest BCUT2D eigenvalue weighted by Gasteiger charge is 2.21. The Bertz CT molecular complexity index is 701. The van der Waals surface area contributed by atoms with Crippen LogP contribution in [0.3, 0.4) is 0 Å². The Morgan fingerprint density at radius 1 is 1.04 bits per heavy atom. The predicted octanol–water partition coefficient (Wildman–Crippen LogP) is 3.54. The van der Waals surface area contributed by atoms with Gasteiger partial charge in [0.25, 0.3) is 11.8 Å². The first-order valence-corrected chi connectivity index (χ1v) is 8.43. The molecule has 25 heavy (non-hydrogen) atoms. The molecular weight excluding hydrogens is 316 g/mol. The van der Waals surface area contributed by atoms with Crippen molar-refractivity contribution in [1.29, 1.82) is 0 Å². The van der Waals surface area contributed by atoms with E-state index in [1.807, 2.05) is 30.3 Å². The Kier molecular flexibility index (Phi) is 7.16. The molecule has 2 aromatic carbocycles. The number of hydrogen-bond donors (Lipinski definition) is 2. The van der Waals surface area contributed by atoms with Crippen molar-refractivity contribution < 1.29 is 14.3 Å². The summed E-state index contributed by atoms with van der Waals surface area (Å²) in [5.74, 6) is -0.513. The molecule has 2 amide bonds. The number of methoxy groups -OCH3 is 1. The molecule has 0 aliphatic rings. The average Bonchev–Trinajstić information content (AvgIpc) is 2.64. The highest BCUT2D eigenvalue weighted by molar-refractivity contribution is 6.04. The Morgan fingerprint density at radius 3 is 2.40 bits per heavy atom. The smallest absolute Gasteiger partial charge is 0.258 e. The van der Waals surface area contributed by atoms with Crippen molar-refractivity contribution in [3.63, 3.8) is 0 Å². The fourth-order valence-corrected chi connectivity index (χ4v) is 2.48. The van der Waals surface area contributed by atoms with E-state index in [2.05, 4.69) is 17.6 Å². The summed E-state index contributed by atoms with van der Waals surface area (Å²) >= 11 is 0. The first-order valence-electron chi connectivity index (χ1n) is 8.43. The number of rotatable bonds is 8. The number of carbonyl (C=O) groups is 2. The molecule has 0 aliphatic carbocycles. The van der Waals surface area contributed by atoms with Gasteiger partial charge in [0, 0.05) is 13.7 Å². The van der Waals surface area contributed by atoms with E-state index in [0.717, 1.165) is 18.4 Å². The molecular formula is C20H24N2O3. The van der Waals surface area contributed by atoms with E-state index in [9.17, 15) is 9.59 Å². The van der Waals surface area contributed by atoms with Gasteiger partial charge in [-0.25, -0.2) is 0 Å². The standard InChI is InChI=1S/C20H24N2O3/c1-3-4-14-21-19(23)16-12-8-9-13-17(16)22-20(24)18(25-2)15-10-6-5-7-11-15/h5-13,18H,3-4,14H2,1-2H3,(H,21,23)(H,22,24). The molecule has 0 aromatic heterocycles. The summed E-state index contributed by atoms with van der Waals surface area (Å²) in [4.78, 5) is 24.9. The predicted molar refractivity (Wildman–Crippen MR) is 98.5 cm³/mol. The molecule has 0 spiro atoms. The lowest BCUT2D eigenvalue weighted by atomic mass is 10.1. The van der Waals surface area contributed by atoms with Crippen LogP contribution >= 0.6 is 0 Å². The van der Waals surface area contributed by atoms with Crippen LogP contribution in [0.25, 0.3) is 0 Å². The molecule has 2 aromatic rings. The molecule has 0 saturated carbocycles. The van der Waals surface area contributed by atoms with Gasteiger partial charge in [0.15, 0.2) is 6.10 Å². The van der Waals surface area contributed by atoms with Gasteiger partial charge in [-0.1, -0.05) is 55.8 Å². The highest BCUT2D eigenvalue weighted by atomic mass is 16.5. The molecule has 0 bridgehead atoms. The first kappa shape index (κ1) is 18.7. The number of unbranched alkanes of at least 4 members (excludes halogenated alkanes) is 1. The molecule has 5 heteroatoms. The van der Waals surface area contributed by atoms with Gasteiger partial charge in [-0.05, 0) is 24.1 Å². The fourth-order valence-electron chi connectivity index (χ4n) is 2.48. The van der Waals surface area contributed by atoms with Gasteiger partial charge >= 0.3 is 0 Å². The molecule has 2 rings (SSSR count). The third-order valence-corrected chi connectivity index (χ3v) is 3.82. The SMILES string of the molecule is CCCCNC(=O)c1ccccc1NC(=O)C(OC)c1ccccc1. The van der Waals surface area contributed by atoms with Crippen LogP contribution in [-0.2, 0) is 9.53 Å². The molecule has 0 aliphatic heterocycles. The van der Waals surface area contributed by atoms with E-state index in [1.165, 1.54) is 7.11 Å². The van der Waals surface area contributed by atoms with Crippen LogP contribution in [0.2, 0.25) is 0 Å². The van der Waals surface area contributed by atoms with Crippen LogP contribution in [0.1, 0.15) is 41.8 Å². The number of nitrogens with one attached hydrogen (secondary N) is 2. The number of carbonyl (C=O) groups excluding carboxylic acids is 2. The van der Waals surface area contributed by atoms with Crippen molar-refractivity contribution in [1.82, 2.24) is 5.32 Å². The van der Waals surface area contributed by atoms with Crippen LogP contribution in [0.5, 0.6) is 0 Å². The second-order valence-electron chi connectivity index (χ2n) is 5.67. The fraction of sp³-hybridized carbons (Fsp3) is 0.300. The maximum absolute atomic E-state index is 12.6. The Morgan fingerprint density at radius 2 is 1.72 bits per heavy atom. The maximum atomic E-state index is 12.6. The number of benzene rings is 2. The molecule has 2 N–H and O–H groups in total. The van der Waals surface area contributed by atoms with Gasteiger partial charge in [-0.15, -0.1) is 0 Å². The molecule has 0 saturated heterocycles. The maximum Gasteiger partial charge on any atom is 0.258 e. The minimum atomic E-state index is -0.739. The van der Waals surface area contributed by atoms with Gasteiger partial charge in [-0.2, -0.15) is 0 Å². The monoisotopic (exact) mass is 340 g/mol. The number of hydrogen-bond acceptors (Lipinski definition) is 3. The van der Waals surface area contributed by atoms with E-state index in [0.29, 0.717) is 17.8 Å².